The predicted molar refractivity (Wildman–Crippen MR) is 124 cm³/mol. The Morgan fingerprint density at radius 1 is 1.03 bits per heavy atom. The lowest BCUT2D eigenvalue weighted by atomic mass is 9.63. The first-order valence-electron chi connectivity index (χ1n) is 11.0. The number of nitrogens with zero attached hydrogens (tertiary/aromatic N) is 1. The molecule has 1 aliphatic rings. The van der Waals surface area contributed by atoms with Crippen molar-refractivity contribution < 1.29 is 24.6 Å². The number of carbonyl (C=O) groups is 1. The molecule has 0 spiro atoms. The Kier molecular flexibility index (Phi) is 6.54. The number of esters is 1. The Balaban J connectivity index is 1.79. The van der Waals surface area contributed by atoms with Crippen LogP contribution in [0.4, 0.5) is 0 Å². The molecule has 2 N–H and O–H groups in total. The summed E-state index contributed by atoms with van der Waals surface area (Å²) in [5, 5.41) is 23.3. The molecule has 0 unspecified atom stereocenters. The SMILES string of the molecule is CC(C)OC(=O)c1ccc(OCC(=NO)c2ccc3c(c2)C(C)(C)CCC3(C)C)cc1O. The van der Waals surface area contributed by atoms with Crippen molar-refractivity contribution in [2.24, 2.45) is 5.16 Å². The van der Waals surface area contributed by atoms with E-state index in [9.17, 15) is 15.1 Å². The van der Waals surface area contributed by atoms with Crippen molar-refractivity contribution in [1.29, 1.82) is 0 Å². The van der Waals surface area contributed by atoms with Crippen LogP contribution in [-0.4, -0.2) is 34.7 Å². The molecule has 1 aliphatic carbocycles. The number of carbonyl (C=O) groups excluding carboxylic acids is 1. The van der Waals surface area contributed by atoms with Gasteiger partial charge < -0.3 is 19.8 Å². The van der Waals surface area contributed by atoms with Crippen molar-refractivity contribution in [2.45, 2.75) is 71.3 Å². The van der Waals surface area contributed by atoms with Gasteiger partial charge in [0, 0.05) is 11.6 Å². The summed E-state index contributed by atoms with van der Waals surface area (Å²) < 4.78 is 10.9. The van der Waals surface area contributed by atoms with Gasteiger partial charge in [0.25, 0.3) is 0 Å². The highest BCUT2D eigenvalue weighted by Gasteiger charge is 2.37. The molecular weight excluding hydrogens is 406 g/mol. The lowest BCUT2D eigenvalue weighted by molar-refractivity contribution is 0.0374. The Labute approximate surface area is 189 Å². The predicted octanol–water partition coefficient (Wildman–Crippen LogP) is 5.56. The van der Waals surface area contributed by atoms with E-state index < -0.39 is 5.97 Å². The highest BCUT2D eigenvalue weighted by Crippen LogP contribution is 2.45. The van der Waals surface area contributed by atoms with Gasteiger partial charge in [-0.2, -0.15) is 0 Å². The van der Waals surface area contributed by atoms with Crippen LogP contribution < -0.4 is 4.74 Å². The topological polar surface area (TPSA) is 88.4 Å². The van der Waals surface area contributed by atoms with E-state index in [1.165, 1.54) is 23.3 Å². The maximum Gasteiger partial charge on any atom is 0.342 e. The second-order valence-corrected chi connectivity index (χ2v) is 10.00. The van der Waals surface area contributed by atoms with Crippen molar-refractivity contribution in [2.75, 3.05) is 6.61 Å². The minimum atomic E-state index is -0.596. The number of hydrogen-bond acceptors (Lipinski definition) is 6. The minimum absolute atomic E-state index is 0.00827. The highest BCUT2D eigenvalue weighted by molar-refractivity contribution is 6.01. The second kappa shape index (κ2) is 8.85. The minimum Gasteiger partial charge on any atom is -0.507 e. The number of fused-ring (bicyclic) bond motifs is 1. The average molecular weight is 440 g/mol. The third-order valence-corrected chi connectivity index (χ3v) is 6.21. The van der Waals surface area contributed by atoms with Crippen molar-refractivity contribution >= 4 is 11.7 Å². The fourth-order valence-electron chi connectivity index (χ4n) is 4.14. The Bertz CT molecular complexity index is 1040. The van der Waals surface area contributed by atoms with E-state index in [2.05, 4.69) is 45.0 Å². The Morgan fingerprint density at radius 2 is 1.69 bits per heavy atom. The summed E-state index contributed by atoms with van der Waals surface area (Å²) in [4.78, 5) is 12.0. The molecule has 6 heteroatoms. The smallest absolute Gasteiger partial charge is 0.342 e. The van der Waals surface area contributed by atoms with Gasteiger partial charge in [-0.1, -0.05) is 45.0 Å². The molecule has 2 aromatic rings. The molecule has 2 aromatic carbocycles. The molecule has 32 heavy (non-hydrogen) atoms. The maximum absolute atomic E-state index is 12.0. The molecule has 0 fully saturated rings. The first kappa shape index (κ1) is 23.6. The molecule has 0 heterocycles. The van der Waals surface area contributed by atoms with Gasteiger partial charge in [-0.25, -0.2) is 4.79 Å². The summed E-state index contributed by atoms with van der Waals surface area (Å²) in [6.45, 7) is 12.5. The largest absolute Gasteiger partial charge is 0.507 e. The molecule has 6 nitrogen and oxygen atoms in total. The summed E-state index contributed by atoms with van der Waals surface area (Å²) in [6, 6.07) is 10.6. The number of oxime groups is 1. The fourth-order valence-corrected chi connectivity index (χ4v) is 4.14. The number of aromatic hydroxyl groups is 1. The monoisotopic (exact) mass is 439 g/mol. The normalized spacial score (nSPS) is 17.0. The number of ether oxygens (including phenoxy) is 2. The van der Waals surface area contributed by atoms with Gasteiger partial charge in [0.15, 0.2) is 0 Å². The molecule has 0 saturated carbocycles. The van der Waals surface area contributed by atoms with E-state index in [4.69, 9.17) is 9.47 Å². The molecule has 0 amide bonds. The van der Waals surface area contributed by atoms with Crippen molar-refractivity contribution in [3.05, 3.63) is 58.7 Å². The van der Waals surface area contributed by atoms with Gasteiger partial charge in [0.1, 0.15) is 29.4 Å². The number of phenolic OH excluding ortho intramolecular Hbond substituents is 1. The third-order valence-electron chi connectivity index (χ3n) is 6.21. The van der Waals surface area contributed by atoms with E-state index >= 15 is 0 Å². The van der Waals surface area contributed by atoms with Crippen LogP contribution in [0.5, 0.6) is 11.5 Å². The fraction of sp³-hybridized carbons (Fsp3) is 0.462. The molecule has 3 rings (SSSR count). The van der Waals surface area contributed by atoms with Crippen LogP contribution in [0.25, 0.3) is 0 Å². The molecule has 0 bridgehead atoms. The van der Waals surface area contributed by atoms with Gasteiger partial charge in [-0.05, 0) is 66.8 Å². The zero-order valence-electron chi connectivity index (χ0n) is 19.7. The van der Waals surface area contributed by atoms with Crippen LogP contribution in [-0.2, 0) is 15.6 Å². The van der Waals surface area contributed by atoms with E-state index in [1.54, 1.807) is 19.9 Å². The van der Waals surface area contributed by atoms with Crippen molar-refractivity contribution in [3.63, 3.8) is 0 Å². The molecule has 0 atom stereocenters. The molecule has 0 aliphatic heterocycles. The molecule has 0 saturated heterocycles. The van der Waals surface area contributed by atoms with E-state index in [0.29, 0.717) is 11.5 Å². The summed E-state index contributed by atoms with van der Waals surface area (Å²) in [6.07, 6.45) is 1.93. The van der Waals surface area contributed by atoms with E-state index in [1.807, 2.05) is 6.07 Å². The van der Waals surface area contributed by atoms with E-state index in [0.717, 1.165) is 18.4 Å². The van der Waals surface area contributed by atoms with Gasteiger partial charge in [0.05, 0.1) is 6.10 Å². The van der Waals surface area contributed by atoms with Crippen LogP contribution in [0, 0.1) is 0 Å². The first-order chi connectivity index (χ1) is 14.9. The molecular formula is C26H33NO5. The highest BCUT2D eigenvalue weighted by atomic mass is 16.5. The number of hydrogen-bond donors (Lipinski definition) is 2. The number of phenols is 1. The van der Waals surface area contributed by atoms with Crippen LogP contribution in [0.15, 0.2) is 41.6 Å². The van der Waals surface area contributed by atoms with Gasteiger partial charge >= 0.3 is 5.97 Å². The number of rotatable bonds is 6. The van der Waals surface area contributed by atoms with Crippen LogP contribution in [0.3, 0.4) is 0 Å². The van der Waals surface area contributed by atoms with Gasteiger partial charge in [0.2, 0.25) is 0 Å². The standard InChI is InChI=1S/C26H33NO5/c1-16(2)32-24(29)19-9-8-18(14-23(19)28)31-15-22(27-30)17-7-10-20-21(13-17)26(5,6)12-11-25(20,3)4/h7-10,13-14,16,28,30H,11-12,15H2,1-6H3. The summed E-state index contributed by atoms with van der Waals surface area (Å²) >= 11 is 0. The zero-order valence-corrected chi connectivity index (χ0v) is 19.7. The summed E-state index contributed by atoms with van der Waals surface area (Å²) in [7, 11) is 0. The first-order valence-corrected chi connectivity index (χ1v) is 11.0. The van der Waals surface area contributed by atoms with Gasteiger partial charge in [-0.15, -0.1) is 0 Å². The van der Waals surface area contributed by atoms with E-state index in [-0.39, 0.29) is 34.9 Å². The maximum atomic E-state index is 12.0. The van der Waals surface area contributed by atoms with Crippen LogP contribution in [0.2, 0.25) is 0 Å². The van der Waals surface area contributed by atoms with Crippen LogP contribution in [0.1, 0.15) is 81.4 Å². The second-order valence-electron chi connectivity index (χ2n) is 10.00. The van der Waals surface area contributed by atoms with Crippen molar-refractivity contribution in [3.8, 4) is 11.5 Å². The lowest BCUT2D eigenvalue weighted by Gasteiger charge is -2.42. The quantitative estimate of drug-likeness (QED) is 0.266. The average Bonchev–Trinajstić information content (AvgIpc) is 2.71. The summed E-state index contributed by atoms with van der Waals surface area (Å²) in [5.41, 5.74) is 3.97. The molecule has 172 valence electrons. The third kappa shape index (κ3) is 4.90. The summed E-state index contributed by atoms with van der Waals surface area (Å²) in [5.74, 6) is -0.473. The Hall–Kier alpha value is -3.02. The molecule has 0 aromatic heterocycles. The van der Waals surface area contributed by atoms with Crippen LogP contribution >= 0.6 is 0 Å². The molecule has 0 radical (unpaired) electrons. The number of benzene rings is 2. The van der Waals surface area contributed by atoms with Gasteiger partial charge in [-0.3, -0.25) is 0 Å². The van der Waals surface area contributed by atoms with Crippen molar-refractivity contribution in [1.82, 2.24) is 0 Å². The lowest BCUT2D eigenvalue weighted by Crippen LogP contribution is -2.34. The zero-order chi connectivity index (χ0) is 23.7. The Morgan fingerprint density at radius 3 is 2.28 bits per heavy atom.